The molecule has 2 amide bonds. The number of nitrogens with one attached hydrogen (secondary N) is 1. The molecule has 2 aromatic rings. The monoisotopic (exact) mass is 533 g/mol. The molecule has 192 valence electrons. The van der Waals surface area contributed by atoms with E-state index in [1.165, 1.54) is 5.32 Å². The number of hydrogen-bond donors (Lipinski definition) is 1. The molecule has 5 nitrogen and oxygen atoms in total. The minimum absolute atomic E-state index is 0.159. The van der Waals surface area contributed by atoms with E-state index in [0.717, 1.165) is 44.3 Å². The van der Waals surface area contributed by atoms with Crippen molar-refractivity contribution in [1.82, 2.24) is 10.2 Å². The van der Waals surface area contributed by atoms with Gasteiger partial charge < -0.3 is 0 Å². The van der Waals surface area contributed by atoms with Gasteiger partial charge in [0.05, 0.1) is 12.0 Å². The molecule has 15 heteroatoms. The van der Waals surface area contributed by atoms with Crippen molar-refractivity contribution in [2.24, 2.45) is 4.99 Å². The zero-order valence-electron chi connectivity index (χ0n) is 17.8. The van der Waals surface area contributed by atoms with Crippen LogP contribution in [0.15, 0.2) is 52.4 Å². The first-order valence-corrected chi connectivity index (χ1v) is 11.4. The largest absolute Gasteiger partial charge is 0.471 e. The average molecular weight is 533 g/mol. The lowest BCUT2D eigenvalue weighted by molar-refractivity contribution is -0.172. The van der Waals surface area contributed by atoms with Crippen LogP contribution in [0.25, 0.3) is 11.1 Å². The minimum atomic E-state index is -10.0. The van der Waals surface area contributed by atoms with Gasteiger partial charge in [-0.15, -0.1) is 0 Å². The normalized spacial score (nSPS) is 21.2. The van der Waals surface area contributed by atoms with E-state index in [-0.39, 0.29) is 23.3 Å². The quantitative estimate of drug-likeness (QED) is 0.474. The molecule has 1 N–H and O–H groups in total. The lowest BCUT2D eigenvalue weighted by Crippen LogP contribution is -2.53. The van der Waals surface area contributed by atoms with E-state index in [0.29, 0.717) is 4.90 Å². The first-order chi connectivity index (χ1) is 15.6. The second-order valence-corrected chi connectivity index (χ2v) is 10.4. The van der Waals surface area contributed by atoms with Gasteiger partial charge >= 0.3 is 22.3 Å². The van der Waals surface area contributed by atoms with Crippen molar-refractivity contribution in [2.45, 2.75) is 30.0 Å². The highest BCUT2D eigenvalue weighted by atomic mass is 32.5. The summed E-state index contributed by atoms with van der Waals surface area (Å²) in [6.45, 7) is 1.16. The van der Waals surface area contributed by atoms with Gasteiger partial charge in [-0.25, -0.2) is 9.38 Å². The number of amides is 2. The first-order valence-electron chi connectivity index (χ1n) is 9.50. The molecule has 0 bridgehead atoms. The summed E-state index contributed by atoms with van der Waals surface area (Å²) < 4.78 is 119. The Hall–Kier alpha value is -3.23. The van der Waals surface area contributed by atoms with Crippen molar-refractivity contribution in [3.63, 3.8) is 0 Å². The number of aliphatic imine (C=N–C) groups is 1. The molecule has 1 heterocycles. The molecule has 0 aliphatic carbocycles. The van der Waals surface area contributed by atoms with Crippen LogP contribution in [0.5, 0.6) is 0 Å². The SMILES string of the molecule is CN1C(=O)C[C@@](C)(c2cc(-c3cccc(S(F)(F)(F)(F)F)c3)ccc2F)N=C1NC(=O)C(F)(F)F. The second kappa shape index (κ2) is 7.38. The molecule has 35 heavy (non-hydrogen) atoms. The summed E-state index contributed by atoms with van der Waals surface area (Å²) in [7, 11) is -9.00. The number of hydrogen-bond acceptors (Lipinski definition) is 3. The van der Waals surface area contributed by atoms with E-state index in [4.69, 9.17) is 0 Å². The number of guanidine groups is 1. The van der Waals surface area contributed by atoms with E-state index in [1.807, 2.05) is 0 Å². The second-order valence-electron chi connectivity index (χ2n) is 7.98. The van der Waals surface area contributed by atoms with Crippen LogP contribution in [-0.4, -0.2) is 35.9 Å². The fraction of sp³-hybridized carbons (Fsp3) is 0.250. The van der Waals surface area contributed by atoms with Crippen LogP contribution >= 0.6 is 10.2 Å². The number of carbonyl (C=O) groups is 2. The number of alkyl halides is 3. The molecule has 0 saturated heterocycles. The van der Waals surface area contributed by atoms with Crippen molar-refractivity contribution < 1.29 is 46.6 Å². The maximum absolute atomic E-state index is 14.8. The van der Waals surface area contributed by atoms with Crippen LogP contribution in [0.1, 0.15) is 18.9 Å². The third-order valence-electron chi connectivity index (χ3n) is 5.18. The predicted octanol–water partition coefficient (Wildman–Crippen LogP) is 6.26. The fourth-order valence-corrected chi connectivity index (χ4v) is 4.04. The van der Waals surface area contributed by atoms with Crippen LogP contribution in [-0.2, 0) is 15.1 Å². The fourth-order valence-electron chi connectivity index (χ4n) is 3.35. The molecule has 0 radical (unpaired) electrons. The van der Waals surface area contributed by atoms with Gasteiger partial charge in [-0.2, -0.15) is 13.2 Å². The summed E-state index contributed by atoms with van der Waals surface area (Å²) >= 11 is 0. The van der Waals surface area contributed by atoms with Crippen LogP contribution in [0.4, 0.5) is 37.0 Å². The molecular formula is C20H16F9N3O2S. The van der Waals surface area contributed by atoms with Crippen molar-refractivity contribution in [3.8, 4) is 11.1 Å². The number of carbonyl (C=O) groups excluding carboxylic acids is 2. The summed E-state index contributed by atoms with van der Waals surface area (Å²) in [5.74, 6) is -5.16. The Morgan fingerprint density at radius 2 is 1.66 bits per heavy atom. The van der Waals surface area contributed by atoms with Crippen molar-refractivity contribution in [3.05, 3.63) is 53.8 Å². The Kier molecular flexibility index (Phi) is 5.56. The molecular weight excluding hydrogens is 517 g/mol. The summed E-state index contributed by atoms with van der Waals surface area (Å²) in [5.41, 5.74) is -2.84. The Morgan fingerprint density at radius 1 is 1.06 bits per heavy atom. The van der Waals surface area contributed by atoms with Gasteiger partial charge in [-0.05, 0) is 42.3 Å². The number of nitrogens with zero attached hydrogens (tertiary/aromatic N) is 2. The van der Waals surface area contributed by atoms with Gasteiger partial charge in [0.2, 0.25) is 11.9 Å². The summed E-state index contributed by atoms with van der Waals surface area (Å²) in [6, 6.07) is 4.89. The lowest BCUT2D eigenvalue weighted by Gasteiger charge is -2.40. The summed E-state index contributed by atoms with van der Waals surface area (Å²) in [5, 5.41) is 1.43. The highest BCUT2D eigenvalue weighted by molar-refractivity contribution is 8.45. The van der Waals surface area contributed by atoms with E-state index in [9.17, 15) is 46.6 Å². The Labute approximate surface area is 192 Å². The lowest BCUT2D eigenvalue weighted by atomic mass is 9.85. The van der Waals surface area contributed by atoms with E-state index in [1.54, 1.807) is 0 Å². The highest BCUT2D eigenvalue weighted by Gasteiger charge is 2.65. The minimum Gasteiger partial charge on any atom is -0.288 e. The van der Waals surface area contributed by atoms with Crippen molar-refractivity contribution >= 4 is 28.0 Å². The van der Waals surface area contributed by atoms with Gasteiger partial charge in [0.25, 0.3) is 0 Å². The molecule has 3 rings (SSSR count). The Balaban J connectivity index is 2.12. The van der Waals surface area contributed by atoms with Crippen molar-refractivity contribution in [1.29, 1.82) is 0 Å². The third-order valence-corrected chi connectivity index (χ3v) is 6.33. The molecule has 0 fully saturated rings. The molecule has 0 saturated carbocycles. The number of halogens is 9. The van der Waals surface area contributed by atoms with Crippen molar-refractivity contribution in [2.75, 3.05) is 7.05 Å². The van der Waals surface area contributed by atoms with Crippen LogP contribution in [0, 0.1) is 5.82 Å². The van der Waals surface area contributed by atoms with E-state index >= 15 is 0 Å². The highest BCUT2D eigenvalue weighted by Crippen LogP contribution is 3.02. The van der Waals surface area contributed by atoms with Crippen LogP contribution in [0.3, 0.4) is 0 Å². The van der Waals surface area contributed by atoms with Gasteiger partial charge in [0.15, 0.2) is 0 Å². The molecule has 0 spiro atoms. The Bertz CT molecular complexity index is 1260. The Morgan fingerprint density at radius 3 is 2.23 bits per heavy atom. The molecule has 1 atom stereocenters. The first kappa shape index (κ1) is 26.4. The predicted molar refractivity (Wildman–Crippen MR) is 110 cm³/mol. The van der Waals surface area contributed by atoms with Gasteiger partial charge in [0, 0.05) is 12.6 Å². The summed E-state index contributed by atoms with van der Waals surface area (Å²) in [6.07, 6.45) is -5.90. The smallest absolute Gasteiger partial charge is 0.288 e. The molecule has 0 unspecified atom stereocenters. The zero-order chi connectivity index (χ0) is 26.7. The van der Waals surface area contributed by atoms with Gasteiger partial charge in [-0.1, -0.05) is 37.6 Å². The van der Waals surface area contributed by atoms with Crippen LogP contribution < -0.4 is 5.32 Å². The molecule has 1 aliphatic heterocycles. The standard InChI is InChI=1S/C20H16F9N3O2S/c1-19(10-16(33)32(2)18(31-19)30-17(34)20(22,23)24)14-9-12(6-7-15(14)21)11-4-3-5-13(8-11)35(25,26,27,28)29/h3-9H,10H2,1-2H3,(H,30,31,34)/t19-/m0/s1. The van der Waals surface area contributed by atoms with Crippen LogP contribution in [0.2, 0.25) is 0 Å². The maximum atomic E-state index is 14.8. The average Bonchev–Trinajstić information content (AvgIpc) is 2.69. The van der Waals surface area contributed by atoms with Gasteiger partial charge in [0.1, 0.15) is 10.7 Å². The number of benzene rings is 2. The third kappa shape index (κ3) is 5.55. The molecule has 1 aliphatic rings. The van der Waals surface area contributed by atoms with E-state index in [2.05, 4.69) is 4.99 Å². The van der Waals surface area contributed by atoms with E-state index < -0.39 is 62.4 Å². The van der Waals surface area contributed by atoms with Gasteiger partial charge in [-0.3, -0.25) is 19.8 Å². The molecule has 2 aromatic carbocycles. The number of rotatable bonds is 3. The maximum Gasteiger partial charge on any atom is 0.471 e. The summed E-state index contributed by atoms with van der Waals surface area (Å²) in [4.78, 5) is 26.1. The topological polar surface area (TPSA) is 61.8 Å². The zero-order valence-corrected chi connectivity index (χ0v) is 18.6. The molecule has 0 aromatic heterocycles.